The van der Waals surface area contributed by atoms with Crippen molar-refractivity contribution in [1.82, 2.24) is 5.32 Å². The molecule has 0 aromatic heterocycles. The van der Waals surface area contributed by atoms with E-state index in [1.807, 2.05) is 0 Å². The van der Waals surface area contributed by atoms with Gasteiger partial charge in [-0.25, -0.2) is 0 Å². The Balaban J connectivity index is 1.92. The topological polar surface area (TPSA) is 46.2 Å². The van der Waals surface area contributed by atoms with E-state index in [0.29, 0.717) is 10.6 Å². The van der Waals surface area contributed by atoms with Gasteiger partial charge in [0.1, 0.15) is 0 Å². The molecular formula is C13H14ClNO2. The SMILES string of the molecule is O=C(CC(=O)c1ccccc1Cl)NC1CCC1. The van der Waals surface area contributed by atoms with Gasteiger partial charge in [0, 0.05) is 11.6 Å². The highest BCUT2D eigenvalue weighted by Gasteiger charge is 2.21. The molecule has 0 radical (unpaired) electrons. The van der Waals surface area contributed by atoms with E-state index in [0.717, 1.165) is 19.3 Å². The van der Waals surface area contributed by atoms with Crippen LogP contribution in [-0.4, -0.2) is 17.7 Å². The zero-order chi connectivity index (χ0) is 12.3. The van der Waals surface area contributed by atoms with Gasteiger partial charge in [0.05, 0.1) is 11.4 Å². The van der Waals surface area contributed by atoms with Crippen molar-refractivity contribution in [3.8, 4) is 0 Å². The second-order valence-corrected chi connectivity index (χ2v) is 4.68. The highest BCUT2D eigenvalue weighted by molar-refractivity contribution is 6.34. The Bertz CT molecular complexity index is 441. The van der Waals surface area contributed by atoms with Crippen LogP contribution in [0.15, 0.2) is 24.3 Å². The largest absolute Gasteiger partial charge is 0.353 e. The molecule has 1 fully saturated rings. The van der Waals surface area contributed by atoms with Gasteiger partial charge in [0.25, 0.3) is 0 Å². The van der Waals surface area contributed by atoms with Crippen LogP contribution in [0.5, 0.6) is 0 Å². The van der Waals surface area contributed by atoms with Crippen LogP contribution in [0.25, 0.3) is 0 Å². The van der Waals surface area contributed by atoms with E-state index >= 15 is 0 Å². The number of nitrogens with one attached hydrogen (secondary N) is 1. The predicted octanol–water partition coefficient (Wildman–Crippen LogP) is 2.58. The van der Waals surface area contributed by atoms with Gasteiger partial charge >= 0.3 is 0 Å². The molecular weight excluding hydrogens is 238 g/mol. The number of Topliss-reactive ketones (excluding diaryl/α,β-unsaturated/α-hetero) is 1. The van der Waals surface area contributed by atoms with Gasteiger partial charge in [0.15, 0.2) is 5.78 Å². The summed E-state index contributed by atoms with van der Waals surface area (Å²) in [6, 6.07) is 7.05. The first-order valence-electron chi connectivity index (χ1n) is 5.74. The minimum absolute atomic E-state index is 0.125. The van der Waals surface area contributed by atoms with E-state index in [9.17, 15) is 9.59 Å². The normalized spacial score (nSPS) is 15.1. The first-order valence-corrected chi connectivity index (χ1v) is 6.11. The molecule has 1 aromatic carbocycles. The molecule has 0 atom stereocenters. The highest BCUT2D eigenvalue weighted by Crippen LogP contribution is 2.19. The lowest BCUT2D eigenvalue weighted by Crippen LogP contribution is -2.40. The van der Waals surface area contributed by atoms with Gasteiger partial charge < -0.3 is 5.32 Å². The fourth-order valence-electron chi connectivity index (χ4n) is 1.76. The predicted molar refractivity (Wildman–Crippen MR) is 66.2 cm³/mol. The fourth-order valence-corrected chi connectivity index (χ4v) is 2.00. The van der Waals surface area contributed by atoms with Crippen molar-refractivity contribution in [2.75, 3.05) is 0 Å². The molecule has 4 heteroatoms. The Kier molecular flexibility index (Phi) is 3.79. The molecule has 90 valence electrons. The summed E-state index contributed by atoms with van der Waals surface area (Å²) >= 11 is 5.89. The quantitative estimate of drug-likeness (QED) is 0.660. The van der Waals surface area contributed by atoms with Crippen LogP contribution in [0.4, 0.5) is 0 Å². The van der Waals surface area contributed by atoms with Crippen LogP contribution in [0.3, 0.4) is 0 Å². The molecule has 2 rings (SSSR count). The Morgan fingerprint density at radius 2 is 2.00 bits per heavy atom. The van der Waals surface area contributed by atoms with Crippen molar-refractivity contribution in [3.05, 3.63) is 34.9 Å². The Labute approximate surface area is 105 Å². The van der Waals surface area contributed by atoms with Gasteiger partial charge in [-0.3, -0.25) is 9.59 Å². The standard InChI is InChI=1S/C13H14ClNO2/c14-11-7-2-1-6-10(11)12(16)8-13(17)15-9-4-3-5-9/h1-2,6-7,9H,3-5,8H2,(H,15,17). The lowest BCUT2D eigenvalue weighted by molar-refractivity contribution is -0.121. The van der Waals surface area contributed by atoms with Gasteiger partial charge in [0.2, 0.25) is 5.91 Å². The zero-order valence-corrected chi connectivity index (χ0v) is 10.2. The summed E-state index contributed by atoms with van der Waals surface area (Å²) in [7, 11) is 0. The summed E-state index contributed by atoms with van der Waals surface area (Å²) in [5, 5.41) is 3.23. The average molecular weight is 252 g/mol. The number of rotatable bonds is 4. The molecule has 0 heterocycles. The summed E-state index contributed by atoms with van der Waals surface area (Å²) in [5.41, 5.74) is 0.415. The van der Waals surface area contributed by atoms with Crippen molar-refractivity contribution in [1.29, 1.82) is 0 Å². The summed E-state index contributed by atoms with van der Waals surface area (Å²) in [5.74, 6) is -0.438. The lowest BCUT2D eigenvalue weighted by atomic mass is 9.93. The smallest absolute Gasteiger partial charge is 0.228 e. The molecule has 17 heavy (non-hydrogen) atoms. The van der Waals surface area contributed by atoms with E-state index < -0.39 is 0 Å². The number of hydrogen-bond donors (Lipinski definition) is 1. The molecule has 1 aromatic rings. The van der Waals surface area contributed by atoms with Crippen LogP contribution < -0.4 is 5.32 Å². The maximum absolute atomic E-state index is 11.8. The second kappa shape index (κ2) is 5.32. The van der Waals surface area contributed by atoms with E-state index in [1.54, 1.807) is 24.3 Å². The van der Waals surface area contributed by atoms with Gasteiger partial charge in [-0.2, -0.15) is 0 Å². The van der Waals surface area contributed by atoms with E-state index in [-0.39, 0.29) is 24.2 Å². The molecule has 0 saturated heterocycles. The molecule has 1 aliphatic carbocycles. The number of amides is 1. The monoisotopic (exact) mass is 251 g/mol. The van der Waals surface area contributed by atoms with Crippen molar-refractivity contribution in [2.24, 2.45) is 0 Å². The average Bonchev–Trinajstić information content (AvgIpc) is 2.24. The van der Waals surface area contributed by atoms with Crippen molar-refractivity contribution in [3.63, 3.8) is 0 Å². The van der Waals surface area contributed by atoms with Crippen LogP contribution in [0, 0.1) is 0 Å². The number of benzene rings is 1. The van der Waals surface area contributed by atoms with E-state index in [4.69, 9.17) is 11.6 Å². The minimum atomic E-state index is -0.229. The van der Waals surface area contributed by atoms with Gasteiger partial charge in [-0.15, -0.1) is 0 Å². The maximum Gasteiger partial charge on any atom is 0.228 e. The number of halogens is 1. The molecule has 1 saturated carbocycles. The Hall–Kier alpha value is -1.35. The minimum Gasteiger partial charge on any atom is -0.353 e. The molecule has 1 amide bonds. The summed E-state index contributed by atoms with van der Waals surface area (Å²) in [6.45, 7) is 0. The third-order valence-electron chi connectivity index (χ3n) is 2.97. The Morgan fingerprint density at radius 3 is 2.59 bits per heavy atom. The second-order valence-electron chi connectivity index (χ2n) is 4.28. The number of carbonyl (C=O) groups is 2. The van der Waals surface area contributed by atoms with Crippen LogP contribution in [0.1, 0.15) is 36.0 Å². The first kappa shape index (κ1) is 12.1. The molecule has 0 spiro atoms. The van der Waals surface area contributed by atoms with E-state index in [2.05, 4.69) is 5.32 Å². The lowest BCUT2D eigenvalue weighted by Gasteiger charge is -2.26. The maximum atomic E-state index is 11.8. The number of ketones is 1. The van der Waals surface area contributed by atoms with Crippen LogP contribution in [-0.2, 0) is 4.79 Å². The highest BCUT2D eigenvalue weighted by atomic mass is 35.5. The Morgan fingerprint density at radius 1 is 1.29 bits per heavy atom. The molecule has 3 nitrogen and oxygen atoms in total. The fraction of sp³-hybridized carbons (Fsp3) is 0.385. The molecule has 1 aliphatic rings. The van der Waals surface area contributed by atoms with Crippen LogP contribution in [0.2, 0.25) is 5.02 Å². The zero-order valence-electron chi connectivity index (χ0n) is 9.41. The van der Waals surface area contributed by atoms with Gasteiger partial charge in [-0.05, 0) is 31.4 Å². The van der Waals surface area contributed by atoms with Crippen LogP contribution >= 0.6 is 11.6 Å². The van der Waals surface area contributed by atoms with Gasteiger partial charge in [-0.1, -0.05) is 23.7 Å². The van der Waals surface area contributed by atoms with Crippen molar-refractivity contribution < 1.29 is 9.59 Å². The molecule has 1 N–H and O–H groups in total. The summed E-state index contributed by atoms with van der Waals surface area (Å²) in [6.07, 6.45) is 3.07. The molecule has 0 unspecified atom stereocenters. The third-order valence-corrected chi connectivity index (χ3v) is 3.30. The number of carbonyl (C=O) groups excluding carboxylic acids is 2. The third kappa shape index (κ3) is 3.07. The van der Waals surface area contributed by atoms with Crippen molar-refractivity contribution in [2.45, 2.75) is 31.7 Å². The summed E-state index contributed by atoms with van der Waals surface area (Å²) < 4.78 is 0. The molecule has 0 bridgehead atoms. The molecule has 0 aliphatic heterocycles. The van der Waals surface area contributed by atoms with E-state index in [1.165, 1.54) is 0 Å². The summed E-state index contributed by atoms with van der Waals surface area (Å²) in [4.78, 5) is 23.4. The van der Waals surface area contributed by atoms with Crippen molar-refractivity contribution >= 4 is 23.3 Å². The first-order chi connectivity index (χ1) is 8.16. The number of hydrogen-bond acceptors (Lipinski definition) is 2.